The number of nitrogens with one attached hydrogen (secondary N) is 1. The molecule has 1 saturated carbocycles. The highest BCUT2D eigenvalue weighted by Gasteiger charge is 2.49. The predicted molar refractivity (Wildman–Crippen MR) is 68.4 cm³/mol. The molecule has 0 spiro atoms. The van der Waals surface area contributed by atoms with Crippen LogP contribution in [0.4, 0.5) is 23.2 Å². The Bertz CT molecular complexity index is 505. The second-order valence-electron chi connectivity index (χ2n) is 5.34. The molecule has 3 nitrogen and oxygen atoms in total. The lowest BCUT2D eigenvalue weighted by atomic mass is 9.76. The van der Waals surface area contributed by atoms with Crippen molar-refractivity contribution < 1.29 is 27.5 Å². The second kappa shape index (κ2) is 5.54. The SMILES string of the molecule is O=C(O)C1(Nc2ccc(F)cc2)CCC(C(F)(F)F)CC1. The number of carbonyl (C=O) groups is 1. The zero-order valence-corrected chi connectivity index (χ0v) is 11.1. The summed E-state index contributed by atoms with van der Waals surface area (Å²) in [6.45, 7) is 0. The lowest BCUT2D eigenvalue weighted by Crippen LogP contribution is -2.50. The van der Waals surface area contributed by atoms with E-state index >= 15 is 0 Å². The van der Waals surface area contributed by atoms with Crippen molar-refractivity contribution in [1.82, 2.24) is 0 Å². The third kappa shape index (κ3) is 3.46. The van der Waals surface area contributed by atoms with Gasteiger partial charge in [-0.1, -0.05) is 0 Å². The fourth-order valence-electron chi connectivity index (χ4n) is 2.64. The minimum Gasteiger partial charge on any atom is -0.480 e. The Morgan fingerprint density at radius 1 is 1.19 bits per heavy atom. The number of anilines is 1. The molecule has 0 unspecified atom stereocenters. The summed E-state index contributed by atoms with van der Waals surface area (Å²) in [6, 6.07) is 5.07. The van der Waals surface area contributed by atoms with E-state index in [1.165, 1.54) is 24.3 Å². The Hall–Kier alpha value is -1.79. The van der Waals surface area contributed by atoms with Gasteiger partial charge in [-0.15, -0.1) is 0 Å². The molecule has 1 aliphatic carbocycles. The van der Waals surface area contributed by atoms with Crippen molar-refractivity contribution in [1.29, 1.82) is 0 Å². The summed E-state index contributed by atoms with van der Waals surface area (Å²) in [4.78, 5) is 11.5. The van der Waals surface area contributed by atoms with Crippen LogP contribution < -0.4 is 5.32 Å². The summed E-state index contributed by atoms with van der Waals surface area (Å²) >= 11 is 0. The molecule has 7 heteroatoms. The van der Waals surface area contributed by atoms with Crippen LogP contribution in [0.5, 0.6) is 0 Å². The molecule has 0 radical (unpaired) electrons. The number of alkyl halides is 3. The zero-order chi connectivity index (χ0) is 15.7. The first-order valence-corrected chi connectivity index (χ1v) is 6.57. The maximum atomic E-state index is 12.8. The second-order valence-corrected chi connectivity index (χ2v) is 5.34. The van der Waals surface area contributed by atoms with Crippen molar-refractivity contribution in [3.8, 4) is 0 Å². The van der Waals surface area contributed by atoms with Gasteiger partial charge in [0.05, 0.1) is 5.92 Å². The molecule has 0 saturated heterocycles. The van der Waals surface area contributed by atoms with Gasteiger partial charge in [0.25, 0.3) is 0 Å². The van der Waals surface area contributed by atoms with Crippen LogP contribution in [0.2, 0.25) is 0 Å². The summed E-state index contributed by atoms with van der Waals surface area (Å²) in [6.07, 6.45) is -5.00. The lowest BCUT2D eigenvalue weighted by Gasteiger charge is -2.38. The molecule has 1 fully saturated rings. The van der Waals surface area contributed by atoms with E-state index in [9.17, 15) is 27.5 Å². The van der Waals surface area contributed by atoms with Gasteiger partial charge in [0.1, 0.15) is 11.4 Å². The van der Waals surface area contributed by atoms with E-state index in [1.807, 2.05) is 0 Å². The Labute approximate surface area is 119 Å². The van der Waals surface area contributed by atoms with E-state index in [4.69, 9.17) is 0 Å². The first-order valence-electron chi connectivity index (χ1n) is 6.57. The Kier molecular flexibility index (Phi) is 4.11. The van der Waals surface area contributed by atoms with Crippen LogP contribution in [0, 0.1) is 11.7 Å². The molecule has 2 N–H and O–H groups in total. The smallest absolute Gasteiger partial charge is 0.391 e. The number of hydrogen-bond acceptors (Lipinski definition) is 2. The summed E-state index contributed by atoms with van der Waals surface area (Å²) in [5.74, 6) is -3.11. The quantitative estimate of drug-likeness (QED) is 0.835. The number of carboxylic acid groups (broad SMARTS) is 1. The first-order chi connectivity index (χ1) is 9.73. The monoisotopic (exact) mass is 305 g/mol. The number of aliphatic carboxylic acids is 1. The molecule has 1 aromatic rings. The van der Waals surface area contributed by atoms with Crippen LogP contribution in [-0.2, 0) is 4.79 Å². The fourth-order valence-corrected chi connectivity index (χ4v) is 2.64. The van der Waals surface area contributed by atoms with Crippen molar-refractivity contribution in [2.24, 2.45) is 5.92 Å². The van der Waals surface area contributed by atoms with E-state index in [-0.39, 0.29) is 25.7 Å². The van der Waals surface area contributed by atoms with Crippen molar-refractivity contribution in [2.75, 3.05) is 5.32 Å². The molecule has 1 aliphatic rings. The van der Waals surface area contributed by atoms with Crippen LogP contribution in [-0.4, -0.2) is 22.8 Å². The number of halogens is 4. The minimum atomic E-state index is -4.29. The van der Waals surface area contributed by atoms with Gasteiger partial charge in [-0.2, -0.15) is 13.2 Å². The van der Waals surface area contributed by atoms with Crippen molar-refractivity contribution in [3.05, 3.63) is 30.1 Å². The van der Waals surface area contributed by atoms with Gasteiger partial charge in [0, 0.05) is 5.69 Å². The minimum absolute atomic E-state index is 0.121. The Balaban J connectivity index is 2.13. The van der Waals surface area contributed by atoms with Gasteiger partial charge in [0.2, 0.25) is 0 Å². The van der Waals surface area contributed by atoms with Crippen LogP contribution >= 0.6 is 0 Å². The van der Waals surface area contributed by atoms with E-state index in [0.29, 0.717) is 5.69 Å². The Morgan fingerprint density at radius 3 is 2.14 bits per heavy atom. The van der Waals surface area contributed by atoms with Crippen LogP contribution in [0.1, 0.15) is 25.7 Å². The zero-order valence-electron chi connectivity index (χ0n) is 11.1. The Morgan fingerprint density at radius 2 is 1.71 bits per heavy atom. The molecule has 0 aromatic heterocycles. The normalized spacial score (nSPS) is 26.4. The third-order valence-corrected chi connectivity index (χ3v) is 3.94. The highest BCUT2D eigenvalue weighted by atomic mass is 19.4. The molecule has 0 heterocycles. The van der Waals surface area contributed by atoms with E-state index in [0.717, 1.165) is 0 Å². The molecule has 116 valence electrons. The maximum Gasteiger partial charge on any atom is 0.391 e. The van der Waals surface area contributed by atoms with Crippen LogP contribution in [0.15, 0.2) is 24.3 Å². The van der Waals surface area contributed by atoms with Gasteiger partial charge in [0.15, 0.2) is 0 Å². The molecular formula is C14H15F4NO2. The summed E-state index contributed by atoms with van der Waals surface area (Å²) in [5, 5.41) is 12.1. The highest BCUT2D eigenvalue weighted by Crippen LogP contribution is 2.42. The predicted octanol–water partition coefficient (Wildman–Crippen LogP) is 3.81. The van der Waals surface area contributed by atoms with Crippen molar-refractivity contribution >= 4 is 11.7 Å². The van der Waals surface area contributed by atoms with Crippen LogP contribution in [0.25, 0.3) is 0 Å². The van der Waals surface area contributed by atoms with Gasteiger partial charge >= 0.3 is 12.1 Å². The molecule has 0 aliphatic heterocycles. The molecule has 1 aromatic carbocycles. The van der Waals surface area contributed by atoms with Gasteiger partial charge in [-0.3, -0.25) is 0 Å². The topological polar surface area (TPSA) is 49.3 Å². The molecule has 0 atom stereocenters. The number of carboxylic acids is 1. The molecule has 0 amide bonds. The molecular weight excluding hydrogens is 290 g/mol. The van der Waals surface area contributed by atoms with E-state index < -0.39 is 29.4 Å². The van der Waals surface area contributed by atoms with E-state index in [1.54, 1.807) is 0 Å². The lowest BCUT2D eigenvalue weighted by molar-refractivity contribution is -0.186. The number of benzene rings is 1. The average Bonchev–Trinajstić information content (AvgIpc) is 2.41. The van der Waals surface area contributed by atoms with E-state index in [2.05, 4.69) is 5.32 Å². The standard InChI is InChI=1S/C14H15F4NO2/c15-10-1-3-11(4-2-10)19-13(12(20)21)7-5-9(6-8-13)14(16,17)18/h1-4,9,19H,5-8H2,(H,20,21). The first kappa shape index (κ1) is 15.6. The number of hydrogen-bond donors (Lipinski definition) is 2. The summed E-state index contributed by atoms with van der Waals surface area (Å²) in [5.41, 5.74) is -1.05. The van der Waals surface area contributed by atoms with Crippen molar-refractivity contribution in [2.45, 2.75) is 37.4 Å². The van der Waals surface area contributed by atoms with Gasteiger partial charge in [-0.25, -0.2) is 9.18 Å². The maximum absolute atomic E-state index is 12.8. The largest absolute Gasteiger partial charge is 0.480 e. The van der Waals surface area contributed by atoms with Gasteiger partial charge < -0.3 is 10.4 Å². The van der Waals surface area contributed by atoms with Crippen molar-refractivity contribution in [3.63, 3.8) is 0 Å². The molecule has 21 heavy (non-hydrogen) atoms. The summed E-state index contributed by atoms with van der Waals surface area (Å²) in [7, 11) is 0. The third-order valence-electron chi connectivity index (χ3n) is 3.94. The highest BCUT2D eigenvalue weighted by molar-refractivity contribution is 5.83. The fraction of sp³-hybridized carbons (Fsp3) is 0.500. The molecule has 0 bridgehead atoms. The molecule has 2 rings (SSSR count). The van der Waals surface area contributed by atoms with Gasteiger partial charge in [-0.05, 0) is 49.9 Å². The average molecular weight is 305 g/mol. The number of rotatable bonds is 3. The summed E-state index contributed by atoms with van der Waals surface area (Å²) < 4.78 is 50.8. The van der Waals surface area contributed by atoms with Crippen LogP contribution in [0.3, 0.4) is 0 Å².